The number of hydrogen-bond acceptors (Lipinski definition) is 2. The lowest BCUT2D eigenvalue weighted by atomic mass is 9.82. The van der Waals surface area contributed by atoms with Crippen LogP contribution in [0.3, 0.4) is 0 Å². The molecule has 1 saturated heterocycles. The Morgan fingerprint density at radius 1 is 1.17 bits per heavy atom. The topological polar surface area (TPSA) is 15.3 Å². The van der Waals surface area contributed by atoms with Crippen LogP contribution in [0.25, 0.3) is 0 Å². The lowest BCUT2D eigenvalue weighted by Gasteiger charge is -2.46. The fourth-order valence-electron chi connectivity index (χ4n) is 3.93. The molecule has 2 rings (SSSR count). The first-order valence-electron chi connectivity index (χ1n) is 8.21. The summed E-state index contributed by atoms with van der Waals surface area (Å²) in [6.07, 6.45) is 9.97. The Bertz CT molecular complexity index is 233. The second-order valence-corrected chi connectivity index (χ2v) is 6.65. The molecule has 106 valence electrons. The molecule has 0 aromatic carbocycles. The van der Waals surface area contributed by atoms with Gasteiger partial charge in [0.25, 0.3) is 0 Å². The summed E-state index contributed by atoms with van der Waals surface area (Å²) in [5.74, 6) is 0.947. The molecular weight excluding hydrogens is 220 g/mol. The second kappa shape index (κ2) is 6.91. The zero-order chi connectivity index (χ0) is 13.0. The van der Waals surface area contributed by atoms with E-state index >= 15 is 0 Å². The summed E-state index contributed by atoms with van der Waals surface area (Å²) in [6, 6.07) is 2.24. The molecule has 2 fully saturated rings. The third kappa shape index (κ3) is 3.48. The third-order valence-corrected chi connectivity index (χ3v) is 5.00. The van der Waals surface area contributed by atoms with Crippen LogP contribution in [0.2, 0.25) is 0 Å². The van der Waals surface area contributed by atoms with E-state index in [-0.39, 0.29) is 0 Å². The van der Waals surface area contributed by atoms with Crippen molar-refractivity contribution in [1.29, 1.82) is 0 Å². The van der Waals surface area contributed by atoms with E-state index in [1.807, 2.05) is 0 Å². The monoisotopic (exact) mass is 252 g/mol. The minimum atomic E-state index is 0.703. The lowest BCUT2D eigenvalue weighted by molar-refractivity contribution is 0.0655. The van der Waals surface area contributed by atoms with E-state index in [9.17, 15) is 0 Å². The van der Waals surface area contributed by atoms with E-state index in [0.29, 0.717) is 6.04 Å². The number of nitrogens with zero attached hydrogens (tertiary/aromatic N) is 1. The van der Waals surface area contributed by atoms with E-state index in [1.165, 1.54) is 58.0 Å². The molecule has 18 heavy (non-hydrogen) atoms. The van der Waals surface area contributed by atoms with Gasteiger partial charge in [0.05, 0.1) is 0 Å². The van der Waals surface area contributed by atoms with Crippen LogP contribution < -0.4 is 5.32 Å². The molecule has 2 atom stereocenters. The normalized spacial score (nSPS) is 32.0. The average Bonchev–Trinajstić information content (AvgIpc) is 2.40. The molecule has 1 heterocycles. The van der Waals surface area contributed by atoms with Gasteiger partial charge in [0.1, 0.15) is 0 Å². The van der Waals surface area contributed by atoms with Gasteiger partial charge < -0.3 is 5.32 Å². The first-order chi connectivity index (χ1) is 8.72. The van der Waals surface area contributed by atoms with Gasteiger partial charge in [0, 0.05) is 31.2 Å². The Balaban J connectivity index is 1.92. The second-order valence-electron chi connectivity index (χ2n) is 6.65. The van der Waals surface area contributed by atoms with Gasteiger partial charge in [-0.25, -0.2) is 0 Å². The summed E-state index contributed by atoms with van der Waals surface area (Å²) in [4.78, 5) is 2.76. The summed E-state index contributed by atoms with van der Waals surface area (Å²) in [7, 11) is 0. The van der Waals surface area contributed by atoms with Crippen molar-refractivity contribution in [1.82, 2.24) is 10.2 Å². The largest absolute Gasteiger partial charge is 0.311 e. The maximum Gasteiger partial charge on any atom is 0.0224 e. The highest BCUT2D eigenvalue weighted by molar-refractivity contribution is 4.91. The molecular formula is C16H32N2. The van der Waals surface area contributed by atoms with Crippen molar-refractivity contribution in [3.05, 3.63) is 0 Å². The van der Waals surface area contributed by atoms with E-state index < -0.39 is 0 Å². The summed E-state index contributed by atoms with van der Waals surface area (Å²) in [6.45, 7) is 9.55. The van der Waals surface area contributed by atoms with Crippen LogP contribution in [-0.2, 0) is 0 Å². The summed E-state index contributed by atoms with van der Waals surface area (Å²) < 4.78 is 0. The Morgan fingerprint density at radius 2 is 1.89 bits per heavy atom. The SMILES string of the molecule is CCCC1CNC(C2CCCCC2)CN1C(C)C. The standard InChI is InChI=1S/C16H32N2/c1-4-8-15-11-17-16(12-18(15)13(2)3)14-9-6-5-7-10-14/h13-17H,4-12H2,1-3H3. The molecule has 0 aromatic heterocycles. The number of piperazine rings is 1. The number of rotatable bonds is 4. The van der Waals surface area contributed by atoms with Gasteiger partial charge >= 0.3 is 0 Å². The zero-order valence-electron chi connectivity index (χ0n) is 12.6. The van der Waals surface area contributed by atoms with Crippen LogP contribution in [0, 0.1) is 5.92 Å². The minimum Gasteiger partial charge on any atom is -0.311 e. The van der Waals surface area contributed by atoms with Crippen LogP contribution in [0.15, 0.2) is 0 Å². The van der Waals surface area contributed by atoms with E-state index in [4.69, 9.17) is 0 Å². The first-order valence-corrected chi connectivity index (χ1v) is 8.21. The Kier molecular flexibility index (Phi) is 5.50. The van der Waals surface area contributed by atoms with Crippen molar-refractivity contribution < 1.29 is 0 Å². The molecule has 0 bridgehead atoms. The van der Waals surface area contributed by atoms with E-state index in [0.717, 1.165) is 18.0 Å². The minimum absolute atomic E-state index is 0.703. The molecule has 0 spiro atoms. The van der Waals surface area contributed by atoms with E-state index in [1.54, 1.807) is 0 Å². The molecule has 2 aliphatic rings. The predicted molar refractivity (Wildman–Crippen MR) is 78.9 cm³/mol. The van der Waals surface area contributed by atoms with Gasteiger partial charge in [-0.15, -0.1) is 0 Å². The van der Waals surface area contributed by atoms with Gasteiger partial charge in [-0.3, -0.25) is 4.90 Å². The highest BCUT2D eigenvalue weighted by atomic mass is 15.2. The molecule has 1 aliphatic heterocycles. The van der Waals surface area contributed by atoms with Crippen molar-refractivity contribution in [3.8, 4) is 0 Å². The average molecular weight is 252 g/mol. The Hall–Kier alpha value is -0.0800. The molecule has 0 radical (unpaired) electrons. The molecule has 1 N–H and O–H groups in total. The lowest BCUT2D eigenvalue weighted by Crippen LogP contribution is -2.60. The highest BCUT2D eigenvalue weighted by Gasteiger charge is 2.33. The quantitative estimate of drug-likeness (QED) is 0.825. The van der Waals surface area contributed by atoms with Crippen molar-refractivity contribution in [2.75, 3.05) is 13.1 Å². The molecule has 2 heteroatoms. The third-order valence-electron chi connectivity index (χ3n) is 5.00. The van der Waals surface area contributed by atoms with E-state index in [2.05, 4.69) is 31.0 Å². The summed E-state index contributed by atoms with van der Waals surface area (Å²) in [5.41, 5.74) is 0. The van der Waals surface area contributed by atoms with Crippen LogP contribution in [0.1, 0.15) is 65.7 Å². The predicted octanol–water partition coefficient (Wildman–Crippen LogP) is 3.42. The van der Waals surface area contributed by atoms with Gasteiger partial charge in [0.15, 0.2) is 0 Å². The molecule has 1 saturated carbocycles. The highest BCUT2D eigenvalue weighted by Crippen LogP contribution is 2.29. The van der Waals surface area contributed by atoms with Crippen molar-refractivity contribution >= 4 is 0 Å². The Morgan fingerprint density at radius 3 is 2.50 bits per heavy atom. The van der Waals surface area contributed by atoms with Crippen molar-refractivity contribution in [2.45, 2.75) is 83.8 Å². The fourth-order valence-corrected chi connectivity index (χ4v) is 3.93. The fraction of sp³-hybridized carbons (Fsp3) is 1.00. The summed E-state index contributed by atoms with van der Waals surface area (Å²) >= 11 is 0. The summed E-state index contributed by atoms with van der Waals surface area (Å²) in [5, 5.41) is 3.87. The zero-order valence-corrected chi connectivity index (χ0v) is 12.6. The maximum atomic E-state index is 3.87. The van der Waals surface area contributed by atoms with Gasteiger partial charge in [0.2, 0.25) is 0 Å². The van der Waals surface area contributed by atoms with Crippen LogP contribution >= 0.6 is 0 Å². The molecule has 0 amide bonds. The van der Waals surface area contributed by atoms with Crippen LogP contribution in [0.4, 0.5) is 0 Å². The van der Waals surface area contributed by atoms with Gasteiger partial charge in [-0.1, -0.05) is 32.6 Å². The van der Waals surface area contributed by atoms with Crippen molar-refractivity contribution in [3.63, 3.8) is 0 Å². The Labute approximate surface area is 114 Å². The molecule has 0 aromatic rings. The first kappa shape index (κ1) is 14.3. The smallest absolute Gasteiger partial charge is 0.0224 e. The maximum absolute atomic E-state index is 3.87. The van der Waals surface area contributed by atoms with Crippen LogP contribution in [0.5, 0.6) is 0 Å². The van der Waals surface area contributed by atoms with Gasteiger partial charge in [-0.2, -0.15) is 0 Å². The molecule has 2 nitrogen and oxygen atoms in total. The van der Waals surface area contributed by atoms with Gasteiger partial charge in [-0.05, 0) is 39.0 Å². The van der Waals surface area contributed by atoms with Crippen LogP contribution in [-0.4, -0.2) is 36.1 Å². The number of hydrogen-bond donors (Lipinski definition) is 1. The number of nitrogens with one attached hydrogen (secondary N) is 1. The molecule has 2 unspecified atom stereocenters. The molecule has 1 aliphatic carbocycles. The van der Waals surface area contributed by atoms with Crippen molar-refractivity contribution in [2.24, 2.45) is 5.92 Å².